The number of quaternary nitrogens is 1. The number of amides is 2. The summed E-state index contributed by atoms with van der Waals surface area (Å²) in [5.74, 6) is -0.357. The van der Waals surface area contributed by atoms with Crippen molar-refractivity contribution in [2.75, 3.05) is 53.0 Å². The molecule has 0 spiro atoms. The lowest BCUT2D eigenvalue weighted by molar-refractivity contribution is -0.896. The maximum atomic E-state index is 12.9. The molecular formula is C18H25FN3O3+. The number of rotatable bonds is 7. The molecule has 0 radical (unpaired) electrons. The Hall–Kier alpha value is -2.25. The van der Waals surface area contributed by atoms with Crippen LogP contribution in [0.5, 0.6) is 0 Å². The van der Waals surface area contributed by atoms with E-state index >= 15 is 0 Å². The van der Waals surface area contributed by atoms with Crippen molar-refractivity contribution in [2.45, 2.75) is 0 Å². The Bertz CT molecular complexity index is 596. The minimum Gasteiger partial charge on any atom is -0.383 e. The molecular weight excluding hydrogens is 325 g/mol. The van der Waals surface area contributed by atoms with Crippen LogP contribution in [0.3, 0.4) is 0 Å². The molecule has 0 saturated carbocycles. The molecule has 1 aliphatic rings. The average molecular weight is 350 g/mol. The highest BCUT2D eigenvalue weighted by atomic mass is 19.1. The van der Waals surface area contributed by atoms with Crippen molar-refractivity contribution in [2.24, 2.45) is 0 Å². The van der Waals surface area contributed by atoms with Crippen LogP contribution in [0.15, 0.2) is 30.3 Å². The number of carbonyl (C=O) groups is 2. The molecule has 1 aromatic carbocycles. The van der Waals surface area contributed by atoms with E-state index in [2.05, 4.69) is 5.32 Å². The first-order valence-corrected chi connectivity index (χ1v) is 8.40. The third kappa shape index (κ3) is 6.64. The minimum absolute atomic E-state index is 0.00281. The number of methoxy groups -OCH3 is 1. The zero-order valence-corrected chi connectivity index (χ0v) is 14.5. The lowest BCUT2D eigenvalue weighted by atomic mass is 10.2. The fourth-order valence-corrected chi connectivity index (χ4v) is 2.65. The highest BCUT2D eigenvalue weighted by Crippen LogP contribution is 2.05. The van der Waals surface area contributed by atoms with Crippen LogP contribution in [-0.4, -0.2) is 69.7 Å². The third-order valence-electron chi connectivity index (χ3n) is 4.11. The van der Waals surface area contributed by atoms with E-state index in [1.807, 2.05) is 0 Å². The number of nitrogens with one attached hydrogen (secondary N) is 2. The molecule has 2 N–H and O–H groups in total. The number of halogens is 1. The molecule has 1 aromatic rings. The van der Waals surface area contributed by atoms with Gasteiger partial charge in [0.15, 0.2) is 6.54 Å². The van der Waals surface area contributed by atoms with Gasteiger partial charge >= 0.3 is 0 Å². The number of carbonyl (C=O) groups excluding carboxylic acids is 2. The van der Waals surface area contributed by atoms with E-state index in [4.69, 9.17) is 4.74 Å². The molecule has 6 nitrogen and oxygen atoms in total. The summed E-state index contributed by atoms with van der Waals surface area (Å²) in [5.41, 5.74) is 0.784. The Morgan fingerprint density at radius 3 is 2.60 bits per heavy atom. The summed E-state index contributed by atoms with van der Waals surface area (Å²) in [5, 5.41) is 2.80. The van der Waals surface area contributed by atoms with Gasteiger partial charge in [-0.15, -0.1) is 0 Å². The van der Waals surface area contributed by atoms with Crippen LogP contribution in [0, 0.1) is 5.82 Å². The Morgan fingerprint density at radius 1 is 1.28 bits per heavy atom. The normalized spacial score (nSPS) is 15.5. The van der Waals surface area contributed by atoms with Crippen molar-refractivity contribution in [1.82, 2.24) is 10.2 Å². The summed E-state index contributed by atoms with van der Waals surface area (Å²) < 4.78 is 17.7. The van der Waals surface area contributed by atoms with Crippen molar-refractivity contribution in [3.8, 4) is 0 Å². The Morgan fingerprint density at radius 2 is 1.96 bits per heavy atom. The topological polar surface area (TPSA) is 63.1 Å². The van der Waals surface area contributed by atoms with E-state index in [0.717, 1.165) is 18.7 Å². The van der Waals surface area contributed by atoms with Gasteiger partial charge in [0.1, 0.15) is 5.82 Å². The largest absolute Gasteiger partial charge is 0.383 e. The van der Waals surface area contributed by atoms with Crippen molar-refractivity contribution in [3.63, 3.8) is 0 Å². The van der Waals surface area contributed by atoms with E-state index < -0.39 is 0 Å². The van der Waals surface area contributed by atoms with Gasteiger partial charge in [-0.1, -0.05) is 12.1 Å². The van der Waals surface area contributed by atoms with Gasteiger partial charge < -0.3 is 19.9 Å². The number of piperazine rings is 1. The van der Waals surface area contributed by atoms with Crippen LogP contribution in [0.1, 0.15) is 5.56 Å². The van der Waals surface area contributed by atoms with Gasteiger partial charge in [0.25, 0.3) is 5.91 Å². The summed E-state index contributed by atoms with van der Waals surface area (Å²) in [7, 11) is 1.60. The number of nitrogens with zero attached hydrogens (tertiary/aromatic N) is 1. The molecule has 1 saturated heterocycles. The molecule has 0 aromatic heterocycles. The monoisotopic (exact) mass is 350 g/mol. The average Bonchev–Trinajstić information content (AvgIpc) is 2.62. The maximum absolute atomic E-state index is 12.9. The fraction of sp³-hybridized carbons (Fsp3) is 0.444. The Labute approximate surface area is 147 Å². The van der Waals surface area contributed by atoms with Gasteiger partial charge in [0, 0.05) is 19.7 Å². The van der Waals surface area contributed by atoms with E-state index in [9.17, 15) is 14.0 Å². The molecule has 0 aliphatic carbocycles. The van der Waals surface area contributed by atoms with Crippen molar-refractivity contribution >= 4 is 17.9 Å². The van der Waals surface area contributed by atoms with Gasteiger partial charge in [-0.05, 0) is 23.8 Å². The van der Waals surface area contributed by atoms with E-state index in [0.29, 0.717) is 32.8 Å². The molecule has 1 aliphatic heterocycles. The molecule has 2 amide bonds. The van der Waals surface area contributed by atoms with Crippen LogP contribution in [0.2, 0.25) is 0 Å². The van der Waals surface area contributed by atoms with Crippen LogP contribution in [0.4, 0.5) is 4.39 Å². The quantitative estimate of drug-likeness (QED) is 0.506. The van der Waals surface area contributed by atoms with Gasteiger partial charge in [-0.25, -0.2) is 4.39 Å². The Balaban J connectivity index is 1.72. The number of hydrogen-bond donors (Lipinski definition) is 2. The van der Waals surface area contributed by atoms with Crippen molar-refractivity contribution in [3.05, 3.63) is 41.7 Å². The molecule has 7 heteroatoms. The van der Waals surface area contributed by atoms with Crippen LogP contribution >= 0.6 is 0 Å². The van der Waals surface area contributed by atoms with Crippen LogP contribution in [-0.2, 0) is 14.3 Å². The molecule has 0 bridgehead atoms. The number of hydrogen-bond acceptors (Lipinski definition) is 3. The lowest BCUT2D eigenvalue weighted by Crippen LogP contribution is -3.15. The molecule has 2 rings (SSSR count). The summed E-state index contributed by atoms with van der Waals surface area (Å²) in [4.78, 5) is 26.9. The highest BCUT2D eigenvalue weighted by molar-refractivity contribution is 5.91. The molecule has 136 valence electrons. The molecule has 0 atom stereocenters. The smallest absolute Gasteiger partial charge is 0.275 e. The summed E-state index contributed by atoms with van der Waals surface area (Å²) in [6.07, 6.45) is 3.19. The predicted octanol–water partition coefficient (Wildman–Crippen LogP) is -0.671. The molecule has 0 unspecified atom stereocenters. The number of ether oxygens (including phenoxy) is 1. The Kier molecular flexibility index (Phi) is 7.56. The van der Waals surface area contributed by atoms with E-state index in [1.54, 1.807) is 30.2 Å². The lowest BCUT2D eigenvalue weighted by Gasteiger charge is -2.31. The second-order valence-electron chi connectivity index (χ2n) is 5.98. The van der Waals surface area contributed by atoms with Gasteiger partial charge in [0.05, 0.1) is 32.8 Å². The first kappa shape index (κ1) is 19.1. The van der Waals surface area contributed by atoms with Crippen LogP contribution in [0.25, 0.3) is 6.08 Å². The molecule has 1 fully saturated rings. The third-order valence-corrected chi connectivity index (χ3v) is 4.11. The minimum atomic E-state index is -0.297. The summed E-state index contributed by atoms with van der Waals surface area (Å²) in [6.45, 7) is 4.16. The zero-order chi connectivity index (χ0) is 18.1. The van der Waals surface area contributed by atoms with E-state index in [1.165, 1.54) is 23.1 Å². The van der Waals surface area contributed by atoms with Crippen LogP contribution < -0.4 is 10.2 Å². The highest BCUT2D eigenvalue weighted by Gasteiger charge is 2.23. The zero-order valence-electron chi connectivity index (χ0n) is 14.5. The van der Waals surface area contributed by atoms with Gasteiger partial charge in [-0.3, -0.25) is 9.59 Å². The fourth-order valence-electron chi connectivity index (χ4n) is 2.65. The first-order valence-electron chi connectivity index (χ1n) is 8.40. The standard InChI is InChI=1S/C18H24FN3O3/c1-25-13-8-20-17(23)14-21-9-11-22(12-10-21)18(24)7-4-15-2-5-16(19)6-3-15/h2-7H,8-14H2,1H3,(H,20,23)/p+1/b7-4+. The second-order valence-corrected chi connectivity index (χ2v) is 5.98. The predicted molar refractivity (Wildman–Crippen MR) is 92.5 cm³/mol. The van der Waals surface area contributed by atoms with Gasteiger partial charge in [-0.2, -0.15) is 0 Å². The molecule has 25 heavy (non-hydrogen) atoms. The first-order chi connectivity index (χ1) is 12.1. The second kappa shape index (κ2) is 9.90. The van der Waals surface area contributed by atoms with Crippen molar-refractivity contribution in [1.29, 1.82) is 0 Å². The summed E-state index contributed by atoms with van der Waals surface area (Å²) in [6, 6.07) is 5.99. The molecule has 1 heterocycles. The number of benzene rings is 1. The van der Waals surface area contributed by atoms with Crippen molar-refractivity contribution < 1.29 is 23.6 Å². The SMILES string of the molecule is COCCNC(=O)C[NH+]1CCN(C(=O)/C=C/c2ccc(F)cc2)CC1. The van der Waals surface area contributed by atoms with E-state index in [-0.39, 0.29) is 17.6 Å². The summed E-state index contributed by atoms with van der Waals surface area (Å²) >= 11 is 0. The van der Waals surface area contributed by atoms with Gasteiger partial charge in [0.2, 0.25) is 5.91 Å². The maximum Gasteiger partial charge on any atom is 0.275 e.